The first-order chi connectivity index (χ1) is 7.29. The molecule has 1 aliphatic rings. The Morgan fingerprint density at radius 2 is 2.12 bits per heavy atom. The van der Waals surface area contributed by atoms with Crippen LogP contribution in [0.4, 0.5) is 13.6 Å². The lowest BCUT2D eigenvalue weighted by Crippen LogP contribution is -2.49. The summed E-state index contributed by atoms with van der Waals surface area (Å²) in [6.45, 7) is 5.49. The van der Waals surface area contributed by atoms with E-state index in [0.29, 0.717) is 0 Å². The molecule has 0 unspecified atom stereocenters. The summed E-state index contributed by atoms with van der Waals surface area (Å²) in [7, 11) is 0. The number of hydrogen-bond donors (Lipinski definition) is 0. The zero-order valence-electron chi connectivity index (χ0n) is 9.70. The summed E-state index contributed by atoms with van der Waals surface area (Å²) >= 11 is 0. The predicted octanol–water partition coefficient (Wildman–Crippen LogP) is 1.89. The molecule has 4 nitrogen and oxygen atoms in total. The largest absolute Gasteiger partial charge is 0.444 e. The number of carbonyl (C=O) groups excluding carboxylic acids is 1. The Morgan fingerprint density at radius 3 is 2.62 bits per heavy atom. The molecule has 1 fully saturated rings. The van der Waals surface area contributed by atoms with E-state index in [1.165, 1.54) is 4.90 Å². The Labute approximate surface area is 93.5 Å². The van der Waals surface area contributed by atoms with Gasteiger partial charge in [0.15, 0.2) is 0 Å². The highest BCUT2D eigenvalue weighted by Crippen LogP contribution is 2.16. The van der Waals surface area contributed by atoms with Crippen molar-refractivity contribution in [3.8, 4) is 0 Å². The van der Waals surface area contributed by atoms with Crippen molar-refractivity contribution in [1.29, 1.82) is 0 Å². The van der Waals surface area contributed by atoms with E-state index in [1.807, 2.05) is 0 Å². The van der Waals surface area contributed by atoms with Gasteiger partial charge in [0.05, 0.1) is 13.2 Å². The van der Waals surface area contributed by atoms with Gasteiger partial charge in [-0.1, -0.05) is 0 Å². The van der Waals surface area contributed by atoms with E-state index >= 15 is 0 Å². The highest BCUT2D eigenvalue weighted by atomic mass is 19.3. The predicted molar refractivity (Wildman–Crippen MR) is 53.6 cm³/mol. The quantitative estimate of drug-likeness (QED) is 0.699. The van der Waals surface area contributed by atoms with Crippen molar-refractivity contribution < 1.29 is 23.0 Å². The van der Waals surface area contributed by atoms with Crippen LogP contribution in [0.5, 0.6) is 0 Å². The molecule has 1 heterocycles. The third-order valence-electron chi connectivity index (χ3n) is 2.03. The van der Waals surface area contributed by atoms with Gasteiger partial charge in [-0.05, 0) is 20.8 Å². The van der Waals surface area contributed by atoms with Gasteiger partial charge in [0.25, 0.3) is 6.43 Å². The van der Waals surface area contributed by atoms with Crippen molar-refractivity contribution in [3.05, 3.63) is 0 Å². The smallest absolute Gasteiger partial charge is 0.410 e. The van der Waals surface area contributed by atoms with E-state index in [4.69, 9.17) is 9.47 Å². The number of hydrogen-bond acceptors (Lipinski definition) is 3. The molecule has 0 N–H and O–H groups in total. The van der Waals surface area contributed by atoms with Crippen LogP contribution in [-0.4, -0.2) is 48.8 Å². The van der Waals surface area contributed by atoms with Crippen molar-refractivity contribution in [2.45, 2.75) is 38.9 Å². The number of rotatable bonds is 1. The fourth-order valence-electron chi connectivity index (χ4n) is 1.32. The number of morpholine rings is 1. The zero-order valence-corrected chi connectivity index (χ0v) is 9.70. The van der Waals surface area contributed by atoms with Crippen LogP contribution in [0.3, 0.4) is 0 Å². The number of halogens is 2. The molecular formula is C10H17F2NO3. The summed E-state index contributed by atoms with van der Waals surface area (Å²) < 4.78 is 34.7. The van der Waals surface area contributed by atoms with Gasteiger partial charge in [0.2, 0.25) is 0 Å². The lowest BCUT2D eigenvalue weighted by atomic mass is 10.2. The first-order valence-electron chi connectivity index (χ1n) is 5.17. The molecule has 0 aromatic heterocycles. The van der Waals surface area contributed by atoms with Crippen molar-refractivity contribution in [3.63, 3.8) is 0 Å². The van der Waals surface area contributed by atoms with E-state index < -0.39 is 24.2 Å². The molecule has 0 aliphatic carbocycles. The second-order valence-electron chi connectivity index (χ2n) is 4.67. The van der Waals surface area contributed by atoms with Crippen LogP contribution >= 0.6 is 0 Å². The first-order valence-corrected chi connectivity index (χ1v) is 5.17. The number of alkyl halides is 2. The zero-order chi connectivity index (χ0) is 12.3. The van der Waals surface area contributed by atoms with Gasteiger partial charge in [0, 0.05) is 6.54 Å². The Hall–Kier alpha value is -0.910. The molecule has 1 rings (SSSR count). The molecule has 1 saturated heterocycles. The lowest BCUT2D eigenvalue weighted by Gasteiger charge is -2.33. The van der Waals surface area contributed by atoms with E-state index in [0.717, 1.165) is 0 Å². The minimum atomic E-state index is -2.58. The Bertz CT molecular complexity index is 253. The molecule has 94 valence electrons. The number of ether oxygens (including phenoxy) is 2. The van der Waals surface area contributed by atoms with Gasteiger partial charge in [-0.2, -0.15) is 0 Å². The normalized spacial score (nSPS) is 22.4. The summed E-state index contributed by atoms with van der Waals surface area (Å²) in [6.07, 6.45) is -4.35. The topological polar surface area (TPSA) is 38.8 Å². The highest BCUT2D eigenvalue weighted by Gasteiger charge is 2.32. The molecule has 1 atom stereocenters. The fraction of sp³-hybridized carbons (Fsp3) is 0.900. The van der Waals surface area contributed by atoms with Gasteiger partial charge in [-0.25, -0.2) is 13.6 Å². The lowest BCUT2D eigenvalue weighted by molar-refractivity contribution is -0.102. The van der Waals surface area contributed by atoms with Crippen LogP contribution in [0.1, 0.15) is 20.8 Å². The van der Waals surface area contributed by atoms with Crippen LogP contribution in [0.2, 0.25) is 0 Å². The van der Waals surface area contributed by atoms with Gasteiger partial charge in [-0.15, -0.1) is 0 Å². The minimum absolute atomic E-state index is 0.118. The van der Waals surface area contributed by atoms with Gasteiger partial charge >= 0.3 is 6.09 Å². The SMILES string of the molecule is CC(C)(C)OC(=O)N1CCO[C@@H](C(F)F)C1. The summed E-state index contributed by atoms with van der Waals surface area (Å²) in [4.78, 5) is 12.8. The third-order valence-corrected chi connectivity index (χ3v) is 2.03. The van der Waals surface area contributed by atoms with Crippen LogP contribution in [0.15, 0.2) is 0 Å². The van der Waals surface area contributed by atoms with Crippen molar-refractivity contribution >= 4 is 6.09 Å². The molecule has 0 aromatic rings. The second kappa shape index (κ2) is 4.95. The molecule has 0 aromatic carbocycles. The monoisotopic (exact) mass is 237 g/mol. The number of carbonyl (C=O) groups is 1. The van der Waals surface area contributed by atoms with Gasteiger partial charge in [0.1, 0.15) is 11.7 Å². The molecule has 0 spiro atoms. The average molecular weight is 237 g/mol. The van der Waals surface area contributed by atoms with Crippen molar-refractivity contribution in [2.75, 3.05) is 19.7 Å². The fourth-order valence-corrected chi connectivity index (χ4v) is 1.32. The molecule has 6 heteroatoms. The number of amides is 1. The summed E-state index contributed by atoms with van der Waals surface area (Å²) in [5.41, 5.74) is -0.615. The Balaban J connectivity index is 2.50. The molecule has 0 saturated carbocycles. The molecule has 16 heavy (non-hydrogen) atoms. The maximum Gasteiger partial charge on any atom is 0.410 e. The summed E-state index contributed by atoms with van der Waals surface area (Å²) in [6, 6.07) is 0. The molecule has 0 bridgehead atoms. The van der Waals surface area contributed by atoms with Crippen LogP contribution in [0, 0.1) is 0 Å². The average Bonchev–Trinajstić information content (AvgIpc) is 2.15. The third kappa shape index (κ3) is 3.92. The number of nitrogens with zero attached hydrogens (tertiary/aromatic N) is 1. The summed E-state index contributed by atoms with van der Waals surface area (Å²) in [5, 5.41) is 0. The van der Waals surface area contributed by atoms with E-state index in [-0.39, 0.29) is 19.7 Å². The summed E-state index contributed by atoms with van der Waals surface area (Å²) in [5.74, 6) is 0. The first kappa shape index (κ1) is 13.2. The molecular weight excluding hydrogens is 220 g/mol. The van der Waals surface area contributed by atoms with E-state index in [1.54, 1.807) is 20.8 Å². The van der Waals surface area contributed by atoms with Gasteiger partial charge < -0.3 is 14.4 Å². The van der Waals surface area contributed by atoms with E-state index in [9.17, 15) is 13.6 Å². The van der Waals surface area contributed by atoms with Gasteiger partial charge in [-0.3, -0.25) is 0 Å². The molecule has 1 amide bonds. The van der Waals surface area contributed by atoms with Crippen molar-refractivity contribution in [1.82, 2.24) is 4.90 Å². The maximum atomic E-state index is 12.4. The standard InChI is InChI=1S/C10H17F2NO3/c1-10(2,3)16-9(14)13-4-5-15-7(6-13)8(11)12/h7-8H,4-6H2,1-3H3/t7-/m1/s1. The Kier molecular flexibility index (Phi) is 4.07. The Morgan fingerprint density at radius 1 is 1.50 bits per heavy atom. The molecule has 0 radical (unpaired) electrons. The minimum Gasteiger partial charge on any atom is -0.444 e. The van der Waals surface area contributed by atoms with Crippen LogP contribution in [-0.2, 0) is 9.47 Å². The maximum absolute atomic E-state index is 12.4. The molecule has 1 aliphatic heterocycles. The van der Waals surface area contributed by atoms with Crippen molar-refractivity contribution in [2.24, 2.45) is 0 Å². The van der Waals surface area contributed by atoms with E-state index in [2.05, 4.69) is 0 Å². The second-order valence-corrected chi connectivity index (χ2v) is 4.67. The van der Waals surface area contributed by atoms with Crippen LogP contribution in [0.25, 0.3) is 0 Å². The highest BCUT2D eigenvalue weighted by molar-refractivity contribution is 5.68. The van der Waals surface area contributed by atoms with Crippen LogP contribution < -0.4 is 0 Å².